The summed E-state index contributed by atoms with van der Waals surface area (Å²) in [6, 6.07) is 1.96. The van der Waals surface area contributed by atoms with Gasteiger partial charge in [-0.05, 0) is 39.5 Å². The van der Waals surface area contributed by atoms with Crippen molar-refractivity contribution in [3.05, 3.63) is 17.5 Å². The summed E-state index contributed by atoms with van der Waals surface area (Å²) in [7, 11) is 0. The van der Waals surface area contributed by atoms with E-state index < -0.39 is 0 Å². The van der Waals surface area contributed by atoms with Crippen LogP contribution in [0, 0.1) is 6.92 Å². The van der Waals surface area contributed by atoms with Crippen molar-refractivity contribution in [2.75, 3.05) is 6.54 Å². The van der Waals surface area contributed by atoms with E-state index >= 15 is 0 Å². The fourth-order valence-electron chi connectivity index (χ4n) is 3.04. The fraction of sp³-hybridized carbons (Fsp3) is 0.714. The number of rotatable bonds is 2. The van der Waals surface area contributed by atoms with E-state index in [1.807, 2.05) is 24.8 Å². The Kier molecular flexibility index (Phi) is 3.31. The molecule has 19 heavy (non-hydrogen) atoms. The molecule has 0 aliphatic carbocycles. The van der Waals surface area contributed by atoms with Crippen LogP contribution in [0.1, 0.15) is 50.1 Å². The SMILES string of the molecule is Cc1cc(C2CCCN2C(=O)C2CCC(C)O2)on1. The van der Waals surface area contributed by atoms with Crippen LogP contribution in [0.3, 0.4) is 0 Å². The van der Waals surface area contributed by atoms with E-state index in [9.17, 15) is 4.79 Å². The van der Waals surface area contributed by atoms with Crippen LogP contribution >= 0.6 is 0 Å². The maximum Gasteiger partial charge on any atom is 0.252 e. The third-order valence-corrected chi connectivity index (χ3v) is 4.02. The number of carbonyl (C=O) groups is 1. The molecule has 1 aromatic rings. The Morgan fingerprint density at radius 2 is 2.26 bits per heavy atom. The van der Waals surface area contributed by atoms with E-state index in [1.54, 1.807) is 0 Å². The molecule has 2 aliphatic heterocycles. The van der Waals surface area contributed by atoms with Gasteiger partial charge in [0.05, 0.1) is 17.8 Å². The van der Waals surface area contributed by atoms with Gasteiger partial charge in [0, 0.05) is 12.6 Å². The molecular formula is C14H20N2O3. The molecule has 0 radical (unpaired) electrons. The van der Waals surface area contributed by atoms with Crippen molar-refractivity contribution in [3.63, 3.8) is 0 Å². The molecule has 104 valence electrons. The Labute approximate surface area is 112 Å². The quantitative estimate of drug-likeness (QED) is 0.821. The third kappa shape index (κ3) is 2.39. The summed E-state index contributed by atoms with van der Waals surface area (Å²) in [6.07, 6.45) is 3.69. The van der Waals surface area contributed by atoms with E-state index in [0.29, 0.717) is 0 Å². The van der Waals surface area contributed by atoms with Crippen LogP contribution in [-0.2, 0) is 9.53 Å². The number of carbonyl (C=O) groups excluding carboxylic acids is 1. The van der Waals surface area contributed by atoms with Gasteiger partial charge in [-0.1, -0.05) is 5.16 Å². The van der Waals surface area contributed by atoms with Gasteiger partial charge in [0.25, 0.3) is 5.91 Å². The third-order valence-electron chi connectivity index (χ3n) is 4.02. The highest BCUT2D eigenvalue weighted by molar-refractivity contribution is 5.81. The number of likely N-dealkylation sites (tertiary alicyclic amines) is 1. The fourth-order valence-corrected chi connectivity index (χ4v) is 3.04. The van der Waals surface area contributed by atoms with Crippen molar-refractivity contribution in [2.45, 2.75) is 57.8 Å². The summed E-state index contributed by atoms with van der Waals surface area (Å²) < 4.78 is 11.0. The minimum Gasteiger partial charge on any atom is -0.365 e. The zero-order valence-electron chi connectivity index (χ0n) is 11.5. The molecule has 0 bridgehead atoms. The van der Waals surface area contributed by atoms with Crippen LogP contribution in [0.2, 0.25) is 0 Å². The number of hydrogen-bond acceptors (Lipinski definition) is 4. The second kappa shape index (κ2) is 4.96. The first-order chi connectivity index (χ1) is 9.15. The predicted octanol–water partition coefficient (Wildman–Crippen LogP) is 2.21. The summed E-state index contributed by atoms with van der Waals surface area (Å²) >= 11 is 0. The van der Waals surface area contributed by atoms with Gasteiger partial charge in [-0.25, -0.2) is 0 Å². The molecule has 2 fully saturated rings. The Morgan fingerprint density at radius 1 is 1.42 bits per heavy atom. The largest absolute Gasteiger partial charge is 0.365 e. The van der Waals surface area contributed by atoms with Gasteiger partial charge < -0.3 is 14.2 Å². The molecule has 0 aromatic carbocycles. The number of aromatic nitrogens is 1. The molecule has 3 rings (SSSR count). The smallest absolute Gasteiger partial charge is 0.252 e. The number of ether oxygens (including phenoxy) is 1. The molecule has 2 saturated heterocycles. The molecule has 2 aliphatic rings. The number of amides is 1. The summed E-state index contributed by atoms with van der Waals surface area (Å²) in [4.78, 5) is 14.4. The van der Waals surface area contributed by atoms with Crippen molar-refractivity contribution in [3.8, 4) is 0 Å². The van der Waals surface area contributed by atoms with E-state index in [1.165, 1.54) is 0 Å². The van der Waals surface area contributed by atoms with Gasteiger partial charge >= 0.3 is 0 Å². The Bertz CT molecular complexity index is 471. The van der Waals surface area contributed by atoms with Gasteiger partial charge in [-0.3, -0.25) is 4.79 Å². The van der Waals surface area contributed by atoms with Crippen LogP contribution in [0.25, 0.3) is 0 Å². The van der Waals surface area contributed by atoms with E-state index in [2.05, 4.69) is 5.16 Å². The lowest BCUT2D eigenvalue weighted by molar-refractivity contribution is -0.144. The Hall–Kier alpha value is -1.36. The zero-order chi connectivity index (χ0) is 13.4. The first-order valence-corrected chi connectivity index (χ1v) is 7.04. The minimum atomic E-state index is -0.264. The molecule has 3 unspecified atom stereocenters. The molecule has 5 heteroatoms. The van der Waals surface area contributed by atoms with Crippen LogP contribution in [0.4, 0.5) is 0 Å². The maximum atomic E-state index is 12.5. The molecule has 3 atom stereocenters. The van der Waals surface area contributed by atoms with Crippen molar-refractivity contribution in [2.24, 2.45) is 0 Å². The van der Waals surface area contributed by atoms with E-state index in [4.69, 9.17) is 9.26 Å². The first kappa shape index (κ1) is 12.7. The molecule has 1 amide bonds. The standard InChI is InChI=1S/C14H20N2O3/c1-9-8-13(19-15-9)11-4-3-7-16(11)14(17)12-6-5-10(2)18-12/h8,10-12H,3-7H2,1-2H3. The summed E-state index contributed by atoms with van der Waals surface area (Å²) in [6.45, 7) is 4.71. The zero-order valence-corrected chi connectivity index (χ0v) is 11.5. The highest BCUT2D eigenvalue weighted by Crippen LogP contribution is 2.34. The molecule has 1 aromatic heterocycles. The van der Waals surface area contributed by atoms with Crippen molar-refractivity contribution < 1.29 is 14.1 Å². The van der Waals surface area contributed by atoms with Gasteiger partial charge in [0.15, 0.2) is 5.76 Å². The van der Waals surface area contributed by atoms with Gasteiger partial charge in [0.1, 0.15) is 6.10 Å². The summed E-state index contributed by atoms with van der Waals surface area (Å²) in [5.74, 6) is 0.912. The molecule has 3 heterocycles. The number of hydrogen-bond donors (Lipinski definition) is 0. The van der Waals surface area contributed by atoms with Crippen LogP contribution in [0.15, 0.2) is 10.6 Å². The lowest BCUT2D eigenvalue weighted by atomic mass is 10.1. The monoisotopic (exact) mass is 264 g/mol. The highest BCUT2D eigenvalue weighted by Gasteiger charge is 2.38. The predicted molar refractivity (Wildman–Crippen MR) is 68.5 cm³/mol. The summed E-state index contributed by atoms with van der Waals surface area (Å²) in [5, 5.41) is 3.92. The van der Waals surface area contributed by atoms with E-state index in [0.717, 1.165) is 43.7 Å². The Balaban J connectivity index is 1.74. The van der Waals surface area contributed by atoms with Crippen LogP contribution in [-0.4, -0.2) is 34.7 Å². The first-order valence-electron chi connectivity index (χ1n) is 7.04. The van der Waals surface area contributed by atoms with Crippen LogP contribution in [0.5, 0.6) is 0 Å². The lowest BCUT2D eigenvalue weighted by Crippen LogP contribution is -2.38. The van der Waals surface area contributed by atoms with Crippen molar-refractivity contribution in [1.82, 2.24) is 10.1 Å². The Morgan fingerprint density at radius 3 is 2.89 bits per heavy atom. The number of aryl methyl sites for hydroxylation is 1. The average molecular weight is 264 g/mol. The molecule has 5 nitrogen and oxygen atoms in total. The minimum absolute atomic E-state index is 0.0354. The van der Waals surface area contributed by atoms with Crippen molar-refractivity contribution >= 4 is 5.91 Å². The number of nitrogens with zero attached hydrogens (tertiary/aromatic N) is 2. The molecule has 0 N–H and O–H groups in total. The maximum absolute atomic E-state index is 12.5. The summed E-state index contributed by atoms with van der Waals surface area (Å²) in [5.41, 5.74) is 0.861. The molecular weight excluding hydrogens is 244 g/mol. The second-order valence-electron chi connectivity index (χ2n) is 5.57. The average Bonchev–Trinajstić information content (AvgIpc) is 3.07. The highest BCUT2D eigenvalue weighted by atomic mass is 16.5. The van der Waals surface area contributed by atoms with Crippen molar-refractivity contribution in [1.29, 1.82) is 0 Å². The topological polar surface area (TPSA) is 55.6 Å². The lowest BCUT2D eigenvalue weighted by Gasteiger charge is -2.25. The van der Waals surface area contributed by atoms with Gasteiger partial charge in [0.2, 0.25) is 0 Å². The second-order valence-corrected chi connectivity index (χ2v) is 5.57. The van der Waals surface area contributed by atoms with E-state index in [-0.39, 0.29) is 24.2 Å². The normalized spacial score (nSPS) is 31.1. The molecule has 0 spiro atoms. The van der Waals surface area contributed by atoms with Gasteiger partial charge in [-0.15, -0.1) is 0 Å². The molecule has 0 saturated carbocycles. The van der Waals surface area contributed by atoms with Crippen LogP contribution < -0.4 is 0 Å². The van der Waals surface area contributed by atoms with Gasteiger partial charge in [-0.2, -0.15) is 0 Å².